The number of ether oxygens (including phenoxy) is 1. The highest BCUT2D eigenvalue weighted by molar-refractivity contribution is 5.87. The van der Waals surface area contributed by atoms with Crippen LogP contribution in [-0.2, 0) is 14.4 Å². The van der Waals surface area contributed by atoms with Crippen molar-refractivity contribution in [2.75, 3.05) is 6.54 Å². The van der Waals surface area contributed by atoms with E-state index in [4.69, 9.17) is 9.84 Å². The maximum Gasteiger partial charge on any atom is 0.574 e. The van der Waals surface area contributed by atoms with Gasteiger partial charge in [-0.05, 0) is 45.2 Å². The van der Waals surface area contributed by atoms with E-state index in [1.54, 1.807) is 27.7 Å². The highest BCUT2D eigenvalue weighted by Gasteiger charge is 2.51. The van der Waals surface area contributed by atoms with E-state index in [-0.39, 0.29) is 13.0 Å². The number of nitrogens with one attached hydrogen (secondary N) is 1. The second-order valence-corrected chi connectivity index (χ2v) is 6.35. The molecule has 2 N–H and O–H groups in total. The number of carboxylic acids is 1. The van der Waals surface area contributed by atoms with Crippen molar-refractivity contribution in [3.63, 3.8) is 0 Å². The molecule has 0 aromatic carbocycles. The molecule has 1 heterocycles. The van der Waals surface area contributed by atoms with Crippen LogP contribution in [0.2, 0.25) is 0 Å². The predicted octanol–water partition coefficient (Wildman–Crippen LogP) is 2.37. The Morgan fingerprint density at radius 3 is 2.43 bits per heavy atom. The Kier molecular flexibility index (Phi) is 6.08. The molecule has 0 fully saturated rings. The normalized spacial score (nSPS) is 20.7. The first-order chi connectivity index (χ1) is 10.6. The van der Waals surface area contributed by atoms with Gasteiger partial charge >= 0.3 is 18.2 Å². The van der Waals surface area contributed by atoms with Gasteiger partial charge in [-0.1, -0.05) is 4.59 Å². The lowest BCUT2D eigenvalue weighted by Gasteiger charge is -2.28. The van der Waals surface area contributed by atoms with Crippen molar-refractivity contribution in [1.82, 2.24) is 5.43 Å². The number of carbonyl (C=O) groups is 3. The smallest absolute Gasteiger partial charge is 0.481 e. The lowest BCUT2D eigenvalue weighted by Crippen LogP contribution is -2.64. The van der Waals surface area contributed by atoms with Gasteiger partial charge in [0, 0.05) is 13.3 Å². The van der Waals surface area contributed by atoms with Crippen molar-refractivity contribution < 1.29 is 33.7 Å². The van der Waals surface area contributed by atoms with E-state index in [0.29, 0.717) is 25.1 Å². The average Bonchev–Trinajstić information content (AvgIpc) is 2.64. The number of carboxylic acid groups (broad SMARTS) is 1. The van der Waals surface area contributed by atoms with Gasteiger partial charge < -0.3 is 9.84 Å². The minimum atomic E-state index is -0.862. The fourth-order valence-electron chi connectivity index (χ4n) is 2.07. The van der Waals surface area contributed by atoms with Gasteiger partial charge in [0.2, 0.25) is 0 Å². The van der Waals surface area contributed by atoms with Crippen molar-refractivity contribution >= 4 is 24.0 Å². The summed E-state index contributed by atoms with van der Waals surface area (Å²) in [5, 5.41) is 12.2. The van der Waals surface area contributed by atoms with E-state index >= 15 is 0 Å². The number of oxime groups is 1. The molecule has 0 spiro atoms. The Balaban J connectivity index is 2.69. The number of hydrogen-bond acceptors (Lipinski definition) is 6. The van der Waals surface area contributed by atoms with Crippen LogP contribution in [0, 0.1) is 0 Å². The number of amides is 2. The van der Waals surface area contributed by atoms with Crippen LogP contribution < -0.4 is 5.43 Å². The molecule has 130 valence electrons. The molecule has 0 saturated carbocycles. The van der Waals surface area contributed by atoms with Crippen LogP contribution in [0.5, 0.6) is 0 Å². The molecule has 1 unspecified atom stereocenters. The number of unbranched alkanes of at least 4 members (excludes halogenated alkanes) is 2. The molecule has 1 aliphatic rings. The van der Waals surface area contributed by atoms with Gasteiger partial charge in [0.05, 0.1) is 0 Å². The molecule has 1 atom stereocenters. The minimum Gasteiger partial charge on any atom is -0.481 e. The maximum atomic E-state index is 12.1. The quantitative estimate of drug-likeness (QED) is 0.421. The first-order valence-electron chi connectivity index (χ1n) is 7.45. The van der Waals surface area contributed by atoms with Crippen LogP contribution in [-0.4, -0.2) is 45.8 Å². The summed E-state index contributed by atoms with van der Waals surface area (Å²) in [5.41, 5.74) is 1.80. The first-order valence-corrected chi connectivity index (χ1v) is 7.45. The Labute approximate surface area is 134 Å². The predicted molar refractivity (Wildman–Crippen MR) is 80.2 cm³/mol. The number of hydrogen-bond donors (Lipinski definition) is 2. The molecule has 0 radical (unpaired) electrons. The molecular weight excluding hydrogens is 306 g/mol. The monoisotopic (exact) mass is 330 g/mol. The van der Waals surface area contributed by atoms with Gasteiger partial charge in [-0.3, -0.25) is 9.63 Å². The fraction of sp³-hybridized carbons (Fsp3) is 0.714. The molecule has 0 aromatic heterocycles. The second-order valence-electron chi connectivity index (χ2n) is 6.35. The van der Waals surface area contributed by atoms with Gasteiger partial charge in [-0.25, -0.2) is 4.79 Å². The zero-order valence-electron chi connectivity index (χ0n) is 13.9. The number of rotatable bonds is 7. The summed E-state index contributed by atoms with van der Waals surface area (Å²) in [6.45, 7) is 6.93. The van der Waals surface area contributed by atoms with E-state index in [1.165, 1.54) is 0 Å². The number of amidine groups is 1. The molecular formula is C14H24N3O6+. The third-order valence-corrected chi connectivity index (χ3v) is 3.19. The summed E-state index contributed by atoms with van der Waals surface area (Å²) in [6.07, 6.45) is 0.209. The third kappa shape index (κ3) is 5.51. The van der Waals surface area contributed by atoms with E-state index in [0.717, 1.165) is 0 Å². The number of carbonyl (C=O) groups excluding carboxylic acids is 2. The number of nitrogens with zero attached hydrogens (tertiary/aromatic N) is 2. The standard InChI is InChI=1S/C14H23N3O6/c1-10-16-23-13(21)17(10,9-7-5-6-8-11(18)19)15-12(20)22-14(2,3)4/h5-9H2,1-4H3,(H-,15,18,19,20)/p+1. The second kappa shape index (κ2) is 7.40. The molecule has 2 amide bonds. The Hall–Kier alpha value is -2.16. The molecule has 0 aromatic rings. The van der Waals surface area contributed by atoms with Gasteiger partial charge in [0.15, 0.2) is 0 Å². The maximum absolute atomic E-state index is 12.1. The van der Waals surface area contributed by atoms with Crippen molar-refractivity contribution in [2.45, 2.75) is 59.0 Å². The topological polar surface area (TPSA) is 114 Å². The number of aliphatic carboxylic acids is 1. The van der Waals surface area contributed by atoms with Gasteiger partial charge in [0.1, 0.15) is 12.1 Å². The van der Waals surface area contributed by atoms with Crippen molar-refractivity contribution in [3.8, 4) is 0 Å². The third-order valence-electron chi connectivity index (χ3n) is 3.19. The minimum absolute atomic E-state index is 0.0665. The van der Waals surface area contributed by atoms with E-state index in [9.17, 15) is 14.4 Å². The summed E-state index contributed by atoms with van der Waals surface area (Å²) in [7, 11) is 0. The number of quaternary nitrogens is 1. The molecule has 23 heavy (non-hydrogen) atoms. The molecule has 9 heteroatoms. The Morgan fingerprint density at radius 2 is 1.96 bits per heavy atom. The lowest BCUT2D eigenvalue weighted by atomic mass is 10.2. The van der Waals surface area contributed by atoms with Crippen LogP contribution in [0.1, 0.15) is 53.4 Å². The lowest BCUT2D eigenvalue weighted by molar-refractivity contribution is -0.800. The highest BCUT2D eigenvalue weighted by Crippen LogP contribution is 2.19. The zero-order chi connectivity index (χ0) is 17.7. The van der Waals surface area contributed by atoms with Crippen LogP contribution in [0.3, 0.4) is 0 Å². The van der Waals surface area contributed by atoms with Gasteiger partial charge in [-0.2, -0.15) is 4.79 Å². The summed E-state index contributed by atoms with van der Waals surface area (Å²) in [5.74, 6) is -0.571. The van der Waals surface area contributed by atoms with Crippen LogP contribution in [0.15, 0.2) is 5.16 Å². The molecule has 0 bridgehead atoms. The summed E-state index contributed by atoms with van der Waals surface area (Å²) in [6, 6.07) is 0. The van der Waals surface area contributed by atoms with E-state index < -0.39 is 28.3 Å². The molecule has 1 aliphatic heterocycles. The summed E-state index contributed by atoms with van der Waals surface area (Å²) in [4.78, 5) is 39.2. The van der Waals surface area contributed by atoms with Gasteiger partial charge in [0.25, 0.3) is 5.84 Å². The SMILES string of the molecule is CC1=NOC(=O)[N+]1(CCCCCC(=O)O)NC(=O)OC(C)(C)C. The van der Waals surface area contributed by atoms with Crippen molar-refractivity contribution in [3.05, 3.63) is 0 Å². The van der Waals surface area contributed by atoms with Gasteiger partial charge in [-0.15, -0.1) is 5.43 Å². The van der Waals surface area contributed by atoms with E-state index in [2.05, 4.69) is 15.4 Å². The fourth-order valence-corrected chi connectivity index (χ4v) is 2.07. The highest BCUT2D eigenvalue weighted by atomic mass is 16.7. The van der Waals surface area contributed by atoms with Crippen LogP contribution in [0.4, 0.5) is 9.59 Å². The molecule has 1 rings (SSSR count). The van der Waals surface area contributed by atoms with Crippen LogP contribution >= 0.6 is 0 Å². The Bertz CT molecular complexity index is 511. The summed E-state index contributed by atoms with van der Waals surface area (Å²) < 4.78 is 4.61. The first kappa shape index (κ1) is 18.9. The molecule has 9 nitrogen and oxygen atoms in total. The molecule has 0 aliphatic carbocycles. The summed E-state index contributed by atoms with van der Waals surface area (Å²) >= 11 is 0. The van der Waals surface area contributed by atoms with Crippen molar-refractivity contribution in [2.24, 2.45) is 5.16 Å². The van der Waals surface area contributed by atoms with E-state index in [1.807, 2.05) is 0 Å². The Morgan fingerprint density at radius 1 is 1.30 bits per heavy atom. The largest absolute Gasteiger partial charge is 0.574 e. The van der Waals surface area contributed by atoms with Crippen LogP contribution in [0.25, 0.3) is 0 Å². The zero-order valence-corrected chi connectivity index (χ0v) is 13.9. The average molecular weight is 330 g/mol. The molecule has 0 saturated heterocycles. The van der Waals surface area contributed by atoms with Crippen molar-refractivity contribution in [1.29, 1.82) is 0 Å².